The summed E-state index contributed by atoms with van der Waals surface area (Å²) in [6.45, 7) is 3.08. The van der Waals surface area contributed by atoms with Gasteiger partial charge >= 0.3 is 0 Å². The molecule has 2 aromatic heterocycles. The Morgan fingerprint density at radius 3 is 2.78 bits per heavy atom. The Kier molecular flexibility index (Phi) is 6.33. The third-order valence-corrected chi connectivity index (χ3v) is 4.63. The summed E-state index contributed by atoms with van der Waals surface area (Å²) >= 11 is 0. The number of rotatable bonds is 7. The lowest BCUT2D eigenvalue weighted by atomic mass is 10.1. The average molecular weight is 379 g/mol. The molecule has 1 aliphatic rings. The molecule has 0 aromatic carbocycles. The summed E-state index contributed by atoms with van der Waals surface area (Å²) in [5.74, 6) is 0.0972. The van der Waals surface area contributed by atoms with Crippen molar-refractivity contribution in [3.05, 3.63) is 34.2 Å². The van der Waals surface area contributed by atoms with E-state index in [-0.39, 0.29) is 17.3 Å². The van der Waals surface area contributed by atoms with Gasteiger partial charge in [-0.2, -0.15) is 5.10 Å². The molecule has 146 valence electrons. The Hall–Kier alpha value is -2.55. The molecule has 9 heteroatoms. The lowest BCUT2D eigenvalue weighted by Crippen LogP contribution is -2.31. The summed E-state index contributed by atoms with van der Waals surface area (Å²) in [4.78, 5) is 27.8. The van der Waals surface area contributed by atoms with E-state index in [0.717, 1.165) is 26.1 Å². The Morgan fingerprint density at radius 1 is 1.26 bits per heavy atom. The highest BCUT2D eigenvalue weighted by Gasteiger charge is 2.17. The van der Waals surface area contributed by atoms with Gasteiger partial charge in [0.1, 0.15) is 0 Å². The number of amides is 1. The van der Waals surface area contributed by atoms with Crippen LogP contribution < -0.4 is 10.9 Å². The van der Waals surface area contributed by atoms with Crippen molar-refractivity contribution < 1.29 is 13.6 Å². The maximum absolute atomic E-state index is 13.1. The standard InChI is InChI=1S/C18H23F2N5O2/c19-18(20)17-12(6-7-16(27)22-17)13-11-14(24-23-13)21-15(26)5-4-10-25-8-2-1-3-9-25/h6-7,11,18H,1-5,8-10H2,(H,22,27)(H2,21,23,24,26). The molecule has 2 aromatic rings. The zero-order valence-electron chi connectivity index (χ0n) is 14.9. The number of carbonyl (C=O) groups excluding carboxylic acids is 1. The third-order valence-electron chi connectivity index (χ3n) is 4.63. The molecule has 0 unspecified atom stereocenters. The second-order valence-electron chi connectivity index (χ2n) is 6.67. The van der Waals surface area contributed by atoms with Gasteiger partial charge in [0.25, 0.3) is 6.43 Å². The lowest BCUT2D eigenvalue weighted by molar-refractivity contribution is -0.116. The summed E-state index contributed by atoms with van der Waals surface area (Å²) in [7, 11) is 0. The first-order valence-corrected chi connectivity index (χ1v) is 9.12. The SMILES string of the molecule is O=C(CCCN1CCCCC1)Nc1cc(-c2ccc(=O)[nH]c2C(F)F)[nH]n1. The molecule has 3 heterocycles. The highest BCUT2D eigenvalue weighted by atomic mass is 19.3. The van der Waals surface area contributed by atoms with Crippen molar-refractivity contribution >= 4 is 11.7 Å². The van der Waals surface area contributed by atoms with Crippen molar-refractivity contribution in [2.24, 2.45) is 0 Å². The summed E-state index contributed by atoms with van der Waals surface area (Å²) < 4.78 is 26.2. The first-order valence-electron chi connectivity index (χ1n) is 9.12. The molecule has 27 heavy (non-hydrogen) atoms. The molecule has 1 amide bonds. The Labute approximate surface area is 155 Å². The molecule has 0 aliphatic carbocycles. The number of H-pyrrole nitrogens is 2. The minimum absolute atomic E-state index is 0.141. The van der Waals surface area contributed by atoms with Gasteiger partial charge in [0.2, 0.25) is 11.5 Å². The van der Waals surface area contributed by atoms with Crippen molar-refractivity contribution in [3.8, 4) is 11.3 Å². The van der Waals surface area contributed by atoms with E-state index >= 15 is 0 Å². The van der Waals surface area contributed by atoms with Crippen molar-refractivity contribution in [1.82, 2.24) is 20.1 Å². The molecule has 0 saturated carbocycles. The molecule has 0 bridgehead atoms. The molecule has 0 radical (unpaired) electrons. The van der Waals surface area contributed by atoms with Crippen LogP contribution >= 0.6 is 0 Å². The van der Waals surface area contributed by atoms with Crippen molar-refractivity contribution in [3.63, 3.8) is 0 Å². The van der Waals surface area contributed by atoms with E-state index < -0.39 is 17.7 Å². The number of aromatic amines is 2. The zero-order valence-corrected chi connectivity index (χ0v) is 14.9. The first-order chi connectivity index (χ1) is 13.0. The van der Waals surface area contributed by atoms with Crippen LogP contribution in [-0.2, 0) is 4.79 Å². The first kappa shape index (κ1) is 19.2. The van der Waals surface area contributed by atoms with Crippen LogP contribution in [0.25, 0.3) is 11.3 Å². The number of hydrogen-bond donors (Lipinski definition) is 3. The summed E-state index contributed by atoms with van der Waals surface area (Å²) in [5, 5.41) is 9.24. The molecule has 1 saturated heterocycles. The van der Waals surface area contributed by atoms with Crippen LogP contribution in [0.3, 0.4) is 0 Å². The number of pyridine rings is 1. The largest absolute Gasteiger partial charge is 0.321 e. The highest BCUT2D eigenvalue weighted by molar-refractivity contribution is 5.90. The molecule has 3 rings (SSSR count). The van der Waals surface area contributed by atoms with Gasteiger partial charge < -0.3 is 15.2 Å². The van der Waals surface area contributed by atoms with E-state index in [1.54, 1.807) is 0 Å². The van der Waals surface area contributed by atoms with Gasteiger partial charge in [0, 0.05) is 24.1 Å². The van der Waals surface area contributed by atoms with E-state index in [4.69, 9.17) is 0 Å². The molecular formula is C18H23F2N5O2. The number of hydrogen-bond acceptors (Lipinski definition) is 4. The number of nitrogens with zero attached hydrogens (tertiary/aromatic N) is 2. The normalized spacial score (nSPS) is 15.2. The van der Waals surface area contributed by atoms with Crippen molar-refractivity contribution in [2.45, 2.75) is 38.5 Å². The molecule has 3 N–H and O–H groups in total. The molecule has 1 aliphatic heterocycles. The van der Waals surface area contributed by atoms with Gasteiger partial charge in [-0.15, -0.1) is 0 Å². The lowest BCUT2D eigenvalue weighted by Gasteiger charge is -2.26. The number of aromatic nitrogens is 3. The molecular weight excluding hydrogens is 356 g/mol. The maximum atomic E-state index is 13.1. The number of anilines is 1. The van der Waals surface area contributed by atoms with Crippen LogP contribution in [0.4, 0.5) is 14.6 Å². The molecule has 7 nitrogen and oxygen atoms in total. The third kappa shape index (κ3) is 5.22. The van der Waals surface area contributed by atoms with Gasteiger partial charge in [-0.25, -0.2) is 8.78 Å². The Balaban J connectivity index is 1.56. The average Bonchev–Trinajstić information content (AvgIpc) is 3.10. The minimum atomic E-state index is -2.83. The van der Waals surface area contributed by atoms with Gasteiger partial charge in [-0.05, 0) is 45.0 Å². The van der Waals surface area contributed by atoms with Gasteiger partial charge in [0.05, 0.1) is 11.4 Å². The zero-order chi connectivity index (χ0) is 19.2. The Morgan fingerprint density at radius 2 is 2.04 bits per heavy atom. The number of alkyl halides is 2. The smallest absolute Gasteiger partial charge is 0.279 e. The fraction of sp³-hybridized carbons (Fsp3) is 0.500. The second-order valence-corrected chi connectivity index (χ2v) is 6.67. The quantitative estimate of drug-likeness (QED) is 0.689. The number of nitrogens with one attached hydrogen (secondary N) is 3. The fourth-order valence-electron chi connectivity index (χ4n) is 3.27. The van der Waals surface area contributed by atoms with Gasteiger partial charge in [0.15, 0.2) is 5.82 Å². The van der Waals surface area contributed by atoms with Crippen LogP contribution in [0.1, 0.15) is 44.2 Å². The van der Waals surface area contributed by atoms with Crippen LogP contribution in [0.5, 0.6) is 0 Å². The topological polar surface area (TPSA) is 93.9 Å². The van der Waals surface area contributed by atoms with Crippen LogP contribution in [0, 0.1) is 0 Å². The summed E-state index contributed by atoms with van der Waals surface area (Å²) in [6, 6.07) is 3.95. The van der Waals surface area contributed by atoms with Crippen molar-refractivity contribution in [2.75, 3.05) is 25.0 Å². The van der Waals surface area contributed by atoms with E-state index in [1.165, 1.54) is 37.5 Å². The maximum Gasteiger partial charge on any atom is 0.279 e. The van der Waals surface area contributed by atoms with E-state index in [2.05, 4.69) is 25.4 Å². The number of piperidine rings is 1. The Bertz CT molecular complexity index is 827. The minimum Gasteiger partial charge on any atom is -0.321 e. The predicted octanol–water partition coefficient (Wildman–Crippen LogP) is 2.91. The van der Waals surface area contributed by atoms with E-state index in [1.807, 2.05) is 0 Å². The number of halogens is 2. The number of likely N-dealkylation sites (tertiary alicyclic amines) is 1. The monoisotopic (exact) mass is 379 g/mol. The van der Waals surface area contributed by atoms with E-state index in [0.29, 0.717) is 12.1 Å². The van der Waals surface area contributed by atoms with Crippen LogP contribution in [0.15, 0.2) is 23.0 Å². The second kappa shape index (κ2) is 8.90. The summed E-state index contributed by atoms with van der Waals surface area (Å²) in [6.07, 6.45) is 2.02. The van der Waals surface area contributed by atoms with Crippen molar-refractivity contribution in [1.29, 1.82) is 0 Å². The van der Waals surface area contributed by atoms with E-state index in [9.17, 15) is 18.4 Å². The molecule has 0 spiro atoms. The van der Waals surface area contributed by atoms with Gasteiger partial charge in [-0.3, -0.25) is 14.7 Å². The fourth-order valence-corrected chi connectivity index (χ4v) is 3.27. The number of carbonyl (C=O) groups is 1. The predicted molar refractivity (Wildman–Crippen MR) is 97.8 cm³/mol. The highest BCUT2D eigenvalue weighted by Crippen LogP contribution is 2.28. The molecule has 1 fully saturated rings. The van der Waals surface area contributed by atoms with Crippen LogP contribution in [0.2, 0.25) is 0 Å². The summed E-state index contributed by atoms with van der Waals surface area (Å²) in [5.41, 5.74) is -0.644. The van der Waals surface area contributed by atoms with Gasteiger partial charge in [-0.1, -0.05) is 6.42 Å². The van der Waals surface area contributed by atoms with Crippen LogP contribution in [-0.4, -0.2) is 45.6 Å². The molecule has 0 atom stereocenters.